The van der Waals surface area contributed by atoms with E-state index >= 15 is 0 Å². The standard InChI is InChI=1S/C20H25N/c1-16-12-8-10-14-18(3)21(7)19(4)15-11-9-13-17(2)20(16,5)6/h8-15H,1-4H2,5-7H3/b12-8-,13-9-,14-10-,15-11-. The van der Waals surface area contributed by atoms with Crippen molar-refractivity contribution in [2.75, 3.05) is 7.05 Å². The lowest BCUT2D eigenvalue weighted by Gasteiger charge is -2.26. The topological polar surface area (TPSA) is 3.24 Å². The molecule has 0 spiro atoms. The van der Waals surface area contributed by atoms with Gasteiger partial charge in [0.25, 0.3) is 0 Å². The van der Waals surface area contributed by atoms with Crippen LogP contribution in [0.4, 0.5) is 0 Å². The van der Waals surface area contributed by atoms with E-state index in [0.29, 0.717) is 0 Å². The fraction of sp³-hybridized carbons (Fsp3) is 0.200. The Hall–Kier alpha value is -2.28. The minimum absolute atomic E-state index is 0.177. The van der Waals surface area contributed by atoms with Crippen molar-refractivity contribution in [2.45, 2.75) is 13.8 Å². The Bertz CT molecular complexity index is 527. The molecule has 0 radical (unpaired) electrons. The Labute approximate surface area is 129 Å². The molecule has 1 nitrogen and oxygen atoms in total. The summed E-state index contributed by atoms with van der Waals surface area (Å²) in [5, 5.41) is 0. The molecule has 0 amide bonds. The van der Waals surface area contributed by atoms with E-state index in [1.807, 2.05) is 60.6 Å². The lowest BCUT2D eigenvalue weighted by Crippen LogP contribution is -2.14. The van der Waals surface area contributed by atoms with E-state index in [1.54, 1.807) is 0 Å². The molecule has 1 aliphatic heterocycles. The predicted octanol–water partition coefficient (Wildman–Crippen LogP) is 5.32. The normalized spacial score (nSPS) is 26.1. The largest absolute Gasteiger partial charge is 0.346 e. The van der Waals surface area contributed by atoms with Crippen molar-refractivity contribution in [1.82, 2.24) is 4.90 Å². The fourth-order valence-corrected chi connectivity index (χ4v) is 1.71. The average molecular weight is 279 g/mol. The van der Waals surface area contributed by atoms with Crippen LogP contribution in [0.3, 0.4) is 0 Å². The molecule has 1 heteroatoms. The van der Waals surface area contributed by atoms with Gasteiger partial charge in [0.1, 0.15) is 0 Å². The Morgan fingerprint density at radius 1 is 0.714 bits per heavy atom. The minimum atomic E-state index is -0.177. The van der Waals surface area contributed by atoms with E-state index in [2.05, 4.69) is 40.2 Å². The van der Waals surface area contributed by atoms with Crippen molar-refractivity contribution in [3.05, 3.63) is 97.5 Å². The summed E-state index contributed by atoms with van der Waals surface area (Å²) in [6.07, 6.45) is 15.8. The van der Waals surface area contributed by atoms with Crippen LogP contribution in [0.1, 0.15) is 13.8 Å². The summed E-state index contributed by atoms with van der Waals surface area (Å²) in [5.41, 5.74) is 3.62. The van der Waals surface area contributed by atoms with Gasteiger partial charge in [-0.15, -0.1) is 0 Å². The summed E-state index contributed by atoms with van der Waals surface area (Å²) >= 11 is 0. The Kier molecular flexibility index (Phi) is 5.54. The van der Waals surface area contributed by atoms with Crippen LogP contribution >= 0.6 is 0 Å². The molecule has 1 heterocycles. The van der Waals surface area contributed by atoms with Crippen LogP contribution in [-0.4, -0.2) is 11.9 Å². The molecule has 0 atom stereocenters. The molecular weight excluding hydrogens is 254 g/mol. The van der Waals surface area contributed by atoms with Crippen LogP contribution in [0.15, 0.2) is 97.5 Å². The third-order valence-electron chi connectivity index (χ3n) is 3.86. The molecule has 110 valence electrons. The number of hydrogen-bond acceptors (Lipinski definition) is 1. The maximum Gasteiger partial charge on any atom is 0.0334 e. The molecule has 0 saturated carbocycles. The average Bonchev–Trinajstić information content (AvgIpc) is 2.45. The van der Waals surface area contributed by atoms with Crippen molar-refractivity contribution >= 4 is 0 Å². The van der Waals surface area contributed by atoms with E-state index in [9.17, 15) is 0 Å². The van der Waals surface area contributed by atoms with Crippen LogP contribution in [0, 0.1) is 5.41 Å². The summed E-state index contributed by atoms with van der Waals surface area (Å²) in [5.74, 6) is 0. The van der Waals surface area contributed by atoms with Gasteiger partial charge in [-0.05, 0) is 23.3 Å². The zero-order valence-electron chi connectivity index (χ0n) is 13.4. The quantitative estimate of drug-likeness (QED) is 0.580. The molecule has 0 N–H and O–H groups in total. The molecule has 21 heavy (non-hydrogen) atoms. The van der Waals surface area contributed by atoms with Crippen molar-refractivity contribution in [3.63, 3.8) is 0 Å². The molecule has 0 unspecified atom stereocenters. The first-order chi connectivity index (χ1) is 9.76. The summed E-state index contributed by atoms with van der Waals surface area (Å²) < 4.78 is 0. The molecular formula is C20H25N. The highest BCUT2D eigenvalue weighted by molar-refractivity contribution is 5.39. The van der Waals surface area contributed by atoms with E-state index in [1.165, 1.54) is 0 Å². The zero-order valence-corrected chi connectivity index (χ0v) is 13.4. The highest BCUT2D eigenvalue weighted by Crippen LogP contribution is 2.34. The van der Waals surface area contributed by atoms with Crippen molar-refractivity contribution in [1.29, 1.82) is 0 Å². The van der Waals surface area contributed by atoms with Gasteiger partial charge in [-0.25, -0.2) is 0 Å². The number of likely N-dealkylation sites (N-methyl/N-ethyl adjacent to an activating group) is 1. The van der Waals surface area contributed by atoms with Gasteiger partial charge in [-0.1, -0.05) is 76.6 Å². The predicted molar refractivity (Wildman–Crippen MR) is 94.7 cm³/mol. The second-order valence-corrected chi connectivity index (χ2v) is 5.65. The molecule has 0 aliphatic carbocycles. The number of rotatable bonds is 0. The molecule has 0 aromatic carbocycles. The van der Waals surface area contributed by atoms with Crippen molar-refractivity contribution in [3.8, 4) is 0 Å². The first kappa shape index (κ1) is 16.8. The zero-order chi connectivity index (χ0) is 16.0. The molecule has 1 aliphatic rings. The summed E-state index contributed by atoms with van der Waals surface area (Å²) in [6, 6.07) is 0. The van der Waals surface area contributed by atoms with Gasteiger partial charge in [0.15, 0.2) is 0 Å². The summed E-state index contributed by atoms with van der Waals surface area (Å²) in [6.45, 7) is 20.6. The van der Waals surface area contributed by atoms with Crippen LogP contribution in [0.25, 0.3) is 0 Å². The number of nitrogens with zero attached hydrogens (tertiary/aromatic N) is 1. The Morgan fingerprint density at radius 2 is 1.05 bits per heavy atom. The maximum absolute atomic E-state index is 4.15. The van der Waals surface area contributed by atoms with Gasteiger partial charge in [0, 0.05) is 23.9 Å². The fourth-order valence-electron chi connectivity index (χ4n) is 1.71. The monoisotopic (exact) mass is 279 g/mol. The highest BCUT2D eigenvalue weighted by atomic mass is 15.1. The smallest absolute Gasteiger partial charge is 0.0334 e. The van der Waals surface area contributed by atoms with Gasteiger partial charge in [0.2, 0.25) is 0 Å². The SMILES string of the molecule is C=C1/C=C\C=C/C(=C)C(C)(C)C(=C)/C=C\C=C/C(=C)N1C. The van der Waals surface area contributed by atoms with Crippen LogP contribution in [-0.2, 0) is 0 Å². The van der Waals surface area contributed by atoms with Gasteiger partial charge in [0.05, 0.1) is 0 Å². The van der Waals surface area contributed by atoms with Crippen LogP contribution in [0.2, 0.25) is 0 Å². The molecule has 0 fully saturated rings. The maximum atomic E-state index is 4.15. The Balaban J connectivity index is 3.16. The molecule has 0 bridgehead atoms. The second kappa shape index (κ2) is 6.94. The van der Waals surface area contributed by atoms with Gasteiger partial charge < -0.3 is 4.90 Å². The lowest BCUT2D eigenvalue weighted by molar-refractivity contribution is 0.559. The molecule has 0 aromatic rings. The van der Waals surface area contributed by atoms with Crippen LogP contribution in [0.5, 0.6) is 0 Å². The third kappa shape index (κ3) is 4.35. The first-order valence-corrected chi connectivity index (χ1v) is 6.96. The molecule has 1 rings (SSSR count). The van der Waals surface area contributed by atoms with Crippen LogP contribution < -0.4 is 0 Å². The lowest BCUT2D eigenvalue weighted by atomic mass is 9.78. The third-order valence-corrected chi connectivity index (χ3v) is 3.86. The highest BCUT2D eigenvalue weighted by Gasteiger charge is 2.21. The van der Waals surface area contributed by atoms with E-state index < -0.39 is 0 Å². The second-order valence-electron chi connectivity index (χ2n) is 5.65. The number of hydrogen-bond donors (Lipinski definition) is 0. The van der Waals surface area contributed by atoms with E-state index in [4.69, 9.17) is 0 Å². The van der Waals surface area contributed by atoms with E-state index in [0.717, 1.165) is 22.5 Å². The van der Waals surface area contributed by atoms with Gasteiger partial charge in [-0.2, -0.15) is 0 Å². The van der Waals surface area contributed by atoms with Gasteiger partial charge >= 0.3 is 0 Å². The number of allylic oxidation sites excluding steroid dienone is 10. The summed E-state index contributed by atoms with van der Waals surface area (Å²) in [4.78, 5) is 1.94. The molecule has 0 aromatic heterocycles. The van der Waals surface area contributed by atoms with Gasteiger partial charge in [-0.3, -0.25) is 0 Å². The minimum Gasteiger partial charge on any atom is -0.346 e. The van der Waals surface area contributed by atoms with E-state index in [-0.39, 0.29) is 5.41 Å². The Morgan fingerprint density at radius 3 is 1.43 bits per heavy atom. The summed E-state index contributed by atoms with van der Waals surface area (Å²) in [7, 11) is 1.94. The first-order valence-electron chi connectivity index (χ1n) is 6.96. The van der Waals surface area contributed by atoms with Crippen molar-refractivity contribution < 1.29 is 0 Å². The van der Waals surface area contributed by atoms with Crippen molar-refractivity contribution in [2.24, 2.45) is 5.41 Å². The molecule has 0 saturated heterocycles.